The molecule has 0 bridgehead atoms. The van der Waals surface area contributed by atoms with Gasteiger partial charge in [0, 0.05) is 24.0 Å². The molecule has 8 nitrogen and oxygen atoms in total. The van der Waals surface area contributed by atoms with Gasteiger partial charge in [-0.15, -0.1) is 11.3 Å². The van der Waals surface area contributed by atoms with Gasteiger partial charge in [0.15, 0.2) is 0 Å². The molecule has 0 spiro atoms. The molecular weight excluding hydrogens is 546 g/mol. The summed E-state index contributed by atoms with van der Waals surface area (Å²) in [5.41, 5.74) is 2.62. The van der Waals surface area contributed by atoms with Crippen LogP contribution in [0.5, 0.6) is 0 Å². The summed E-state index contributed by atoms with van der Waals surface area (Å²) in [6, 6.07) is 13.0. The summed E-state index contributed by atoms with van der Waals surface area (Å²) in [6.45, 7) is 6.15. The van der Waals surface area contributed by atoms with Gasteiger partial charge < -0.3 is 4.90 Å². The molecule has 1 aliphatic heterocycles. The average Bonchev–Trinajstić information content (AvgIpc) is 3.35. The summed E-state index contributed by atoms with van der Waals surface area (Å²) in [7, 11) is -4.22. The van der Waals surface area contributed by atoms with Gasteiger partial charge >= 0.3 is 0 Å². The Morgan fingerprint density at radius 2 is 1.95 bits per heavy atom. The number of amides is 1. The van der Waals surface area contributed by atoms with E-state index in [9.17, 15) is 23.3 Å². The monoisotopic (exact) mass is 575 g/mol. The van der Waals surface area contributed by atoms with E-state index < -0.39 is 20.6 Å². The van der Waals surface area contributed by atoms with Crippen LogP contribution in [-0.2, 0) is 21.2 Å². The van der Waals surface area contributed by atoms with Crippen molar-refractivity contribution in [2.75, 3.05) is 19.6 Å². The van der Waals surface area contributed by atoms with Crippen LogP contribution in [0.1, 0.15) is 47.9 Å². The predicted molar refractivity (Wildman–Crippen MR) is 149 cm³/mol. The lowest BCUT2D eigenvalue weighted by Crippen LogP contribution is -2.47. The number of thiophene rings is 1. The Balaban J connectivity index is 1.70. The normalized spacial score (nSPS) is 15.6. The van der Waals surface area contributed by atoms with Gasteiger partial charge in [0.25, 0.3) is 5.69 Å². The van der Waals surface area contributed by atoms with E-state index in [0.717, 1.165) is 27.1 Å². The molecule has 11 heteroatoms. The third-order valence-electron chi connectivity index (χ3n) is 6.79. The van der Waals surface area contributed by atoms with Crippen molar-refractivity contribution in [1.29, 1.82) is 0 Å². The minimum Gasteiger partial charge on any atom is -0.330 e. The molecule has 38 heavy (non-hydrogen) atoms. The van der Waals surface area contributed by atoms with E-state index in [1.165, 1.54) is 17.0 Å². The van der Waals surface area contributed by atoms with Crippen molar-refractivity contribution < 1.29 is 18.1 Å². The van der Waals surface area contributed by atoms with E-state index in [1.807, 2.05) is 56.5 Å². The lowest BCUT2D eigenvalue weighted by atomic mass is 9.90. The van der Waals surface area contributed by atoms with Crippen molar-refractivity contribution in [3.63, 3.8) is 0 Å². The minimum atomic E-state index is -4.22. The van der Waals surface area contributed by atoms with Gasteiger partial charge in [0.1, 0.15) is 5.02 Å². The highest BCUT2D eigenvalue weighted by atomic mass is 35.5. The molecule has 1 unspecified atom stereocenters. The van der Waals surface area contributed by atoms with Crippen molar-refractivity contribution in [3.05, 3.63) is 90.6 Å². The molecule has 1 aromatic heterocycles. The van der Waals surface area contributed by atoms with Crippen LogP contribution in [0.25, 0.3) is 0 Å². The number of hydrogen-bond donors (Lipinski definition) is 0. The smallest absolute Gasteiger partial charge is 0.289 e. The zero-order valence-electron chi connectivity index (χ0n) is 21.5. The summed E-state index contributed by atoms with van der Waals surface area (Å²) in [6.07, 6.45) is 1.22. The fourth-order valence-corrected chi connectivity index (χ4v) is 7.20. The van der Waals surface area contributed by atoms with Crippen molar-refractivity contribution >= 4 is 44.6 Å². The highest BCUT2D eigenvalue weighted by Crippen LogP contribution is 2.39. The van der Waals surface area contributed by atoms with Gasteiger partial charge in [0.05, 0.1) is 22.4 Å². The Labute approximate surface area is 232 Å². The Morgan fingerprint density at radius 3 is 2.63 bits per heavy atom. The number of hydrogen-bond acceptors (Lipinski definition) is 6. The first kappa shape index (κ1) is 28.2. The fourth-order valence-electron chi connectivity index (χ4n) is 4.68. The Kier molecular flexibility index (Phi) is 8.56. The minimum absolute atomic E-state index is 0.106. The molecule has 3 aromatic rings. The SMILES string of the molecule is Cc1ccccc1C1c2ccsc2CCN1C(=O)CN(CCC(C)C)S(=O)(=O)c1ccc(Cl)c([N+](=O)[O-])c1. The molecule has 0 N–H and O–H groups in total. The maximum atomic E-state index is 13.9. The predicted octanol–water partition coefficient (Wildman–Crippen LogP) is 5.83. The third-order valence-corrected chi connectivity index (χ3v) is 9.95. The number of nitro groups is 1. The second-order valence-corrected chi connectivity index (χ2v) is 13.1. The van der Waals surface area contributed by atoms with Crippen molar-refractivity contribution in [1.82, 2.24) is 9.21 Å². The zero-order chi connectivity index (χ0) is 27.6. The van der Waals surface area contributed by atoms with Crippen LogP contribution in [-0.4, -0.2) is 48.1 Å². The molecule has 4 rings (SSSR count). The third kappa shape index (κ3) is 5.78. The van der Waals surface area contributed by atoms with Gasteiger partial charge in [-0.3, -0.25) is 14.9 Å². The number of rotatable bonds is 9. The van der Waals surface area contributed by atoms with E-state index in [0.29, 0.717) is 19.4 Å². The largest absolute Gasteiger partial charge is 0.330 e. The van der Waals surface area contributed by atoms with Crippen molar-refractivity contribution in [2.45, 2.75) is 44.6 Å². The number of carbonyl (C=O) groups is 1. The van der Waals surface area contributed by atoms with Crippen LogP contribution >= 0.6 is 22.9 Å². The molecule has 0 saturated carbocycles. The number of halogens is 1. The molecule has 2 aromatic carbocycles. The van der Waals surface area contributed by atoms with E-state index in [1.54, 1.807) is 16.2 Å². The first-order valence-electron chi connectivity index (χ1n) is 12.4. The van der Waals surface area contributed by atoms with E-state index in [2.05, 4.69) is 0 Å². The van der Waals surface area contributed by atoms with E-state index in [-0.39, 0.29) is 40.9 Å². The van der Waals surface area contributed by atoms with Gasteiger partial charge in [-0.05, 0) is 66.0 Å². The summed E-state index contributed by atoms with van der Waals surface area (Å²) < 4.78 is 28.5. The molecule has 0 aliphatic carbocycles. The average molecular weight is 576 g/mol. The summed E-state index contributed by atoms with van der Waals surface area (Å²) >= 11 is 7.58. The zero-order valence-corrected chi connectivity index (χ0v) is 23.9. The molecule has 0 radical (unpaired) electrons. The second-order valence-electron chi connectivity index (χ2n) is 9.79. The summed E-state index contributed by atoms with van der Waals surface area (Å²) in [5.74, 6) is -0.128. The van der Waals surface area contributed by atoms with Crippen molar-refractivity contribution in [3.8, 4) is 0 Å². The molecule has 1 aliphatic rings. The number of benzene rings is 2. The topological polar surface area (TPSA) is 101 Å². The number of carbonyl (C=O) groups excluding carboxylic acids is 1. The molecular formula is C27H30ClN3O5S2. The maximum Gasteiger partial charge on any atom is 0.289 e. The summed E-state index contributed by atoms with van der Waals surface area (Å²) in [4.78, 5) is 27.3. The summed E-state index contributed by atoms with van der Waals surface area (Å²) in [5, 5.41) is 13.3. The van der Waals surface area contributed by atoms with Gasteiger partial charge in [-0.2, -0.15) is 4.31 Å². The van der Waals surface area contributed by atoms with Crippen LogP contribution in [0, 0.1) is 23.0 Å². The Hall–Kier alpha value is -2.79. The van der Waals surface area contributed by atoms with E-state index in [4.69, 9.17) is 11.6 Å². The van der Waals surface area contributed by atoms with Crippen LogP contribution in [0.15, 0.2) is 58.8 Å². The number of sulfonamides is 1. The fraction of sp³-hybridized carbons (Fsp3) is 0.370. The highest BCUT2D eigenvalue weighted by molar-refractivity contribution is 7.89. The molecule has 1 amide bonds. The number of aryl methyl sites for hydroxylation is 1. The molecule has 0 fully saturated rings. The van der Waals surface area contributed by atoms with Crippen LogP contribution in [0.4, 0.5) is 5.69 Å². The number of nitrogens with zero attached hydrogens (tertiary/aromatic N) is 3. The Bertz CT molecular complexity index is 1450. The maximum absolute atomic E-state index is 13.9. The standard InChI is InChI=1S/C27H30ClN3O5S2/c1-18(2)10-13-29(38(35,36)20-8-9-23(28)24(16-20)31(33)34)17-26(32)30-14-11-25-22(12-15-37-25)27(30)21-7-5-4-6-19(21)3/h4-9,12,15-16,18,27H,10-11,13-14,17H2,1-3H3. The van der Waals surface area contributed by atoms with E-state index >= 15 is 0 Å². The molecule has 1 atom stereocenters. The highest BCUT2D eigenvalue weighted by Gasteiger charge is 2.36. The van der Waals surface area contributed by atoms with Crippen LogP contribution < -0.4 is 0 Å². The van der Waals surface area contributed by atoms with Gasteiger partial charge in [-0.1, -0.05) is 49.7 Å². The van der Waals surface area contributed by atoms with Crippen LogP contribution in [0.2, 0.25) is 5.02 Å². The number of fused-ring (bicyclic) bond motifs is 1. The first-order chi connectivity index (χ1) is 18.0. The first-order valence-corrected chi connectivity index (χ1v) is 15.1. The Morgan fingerprint density at radius 1 is 1.21 bits per heavy atom. The van der Waals surface area contributed by atoms with Gasteiger partial charge in [0.2, 0.25) is 15.9 Å². The van der Waals surface area contributed by atoms with Crippen LogP contribution in [0.3, 0.4) is 0 Å². The van der Waals surface area contributed by atoms with Crippen molar-refractivity contribution in [2.24, 2.45) is 5.92 Å². The lowest BCUT2D eigenvalue weighted by Gasteiger charge is -2.38. The molecule has 2 heterocycles. The lowest BCUT2D eigenvalue weighted by molar-refractivity contribution is -0.384. The quantitative estimate of drug-likeness (QED) is 0.236. The molecule has 0 saturated heterocycles. The molecule has 202 valence electrons. The van der Waals surface area contributed by atoms with Gasteiger partial charge in [-0.25, -0.2) is 8.42 Å². The second kappa shape index (κ2) is 11.5. The number of nitro benzene ring substituents is 1.